The number of amides is 1. The van der Waals surface area contributed by atoms with Gasteiger partial charge in [-0.3, -0.25) is 14.4 Å². The number of aryl methyl sites for hydroxylation is 2. The molecule has 1 aliphatic heterocycles. The van der Waals surface area contributed by atoms with Crippen molar-refractivity contribution in [1.29, 1.82) is 0 Å². The number of nitrogens with zero attached hydrogens (tertiary/aromatic N) is 3. The van der Waals surface area contributed by atoms with E-state index in [1.807, 2.05) is 14.0 Å². The number of carbonyl (C=O) groups excluding carboxylic acids is 1. The predicted octanol–water partition coefficient (Wildman–Crippen LogP) is 1.48. The van der Waals surface area contributed by atoms with Crippen molar-refractivity contribution in [3.63, 3.8) is 0 Å². The van der Waals surface area contributed by atoms with E-state index in [4.69, 9.17) is 11.6 Å². The Kier molecular flexibility index (Phi) is 4.47. The molecular weight excluding hydrogens is 264 g/mol. The molecule has 6 heteroatoms. The van der Waals surface area contributed by atoms with Crippen molar-refractivity contribution in [2.75, 3.05) is 13.1 Å². The summed E-state index contributed by atoms with van der Waals surface area (Å²) in [5, 5.41) is 8.04. The van der Waals surface area contributed by atoms with E-state index in [-0.39, 0.29) is 5.91 Å². The first-order chi connectivity index (χ1) is 8.97. The highest BCUT2D eigenvalue weighted by atomic mass is 35.5. The van der Waals surface area contributed by atoms with Crippen LogP contribution in [0, 0.1) is 6.92 Å². The zero-order valence-corrected chi connectivity index (χ0v) is 12.5. The quantitative estimate of drug-likeness (QED) is 0.915. The van der Waals surface area contributed by atoms with Gasteiger partial charge in [-0.2, -0.15) is 5.10 Å². The van der Waals surface area contributed by atoms with Gasteiger partial charge in [0.25, 0.3) is 0 Å². The second-order valence-electron chi connectivity index (χ2n) is 5.23. The highest BCUT2D eigenvalue weighted by molar-refractivity contribution is 6.30. The van der Waals surface area contributed by atoms with Crippen LogP contribution in [-0.2, 0) is 18.4 Å². The molecule has 0 atom stereocenters. The number of aromatic nitrogens is 2. The van der Waals surface area contributed by atoms with Crippen LogP contribution in [0.4, 0.5) is 0 Å². The summed E-state index contributed by atoms with van der Waals surface area (Å²) in [5.41, 5.74) is 2.11. The molecule has 0 spiro atoms. The van der Waals surface area contributed by atoms with Crippen molar-refractivity contribution in [3.8, 4) is 0 Å². The Bertz CT molecular complexity index is 463. The Morgan fingerprint density at radius 2 is 2.11 bits per heavy atom. The molecule has 106 valence electrons. The van der Waals surface area contributed by atoms with E-state index in [9.17, 15) is 4.79 Å². The third kappa shape index (κ3) is 3.48. The summed E-state index contributed by atoms with van der Waals surface area (Å²) in [4.78, 5) is 13.4. The van der Waals surface area contributed by atoms with Crippen LogP contribution in [0.5, 0.6) is 0 Å². The van der Waals surface area contributed by atoms with Gasteiger partial charge in [0, 0.05) is 45.2 Å². The first-order valence-corrected chi connectivity index (χ1v) is 7.02. The van der Waals surface area contributed by atoms with Crippen LogP contribution in [0.3, 0.4) is 0 Å². The second-order valence-corrected chi connectivity index (χ2v) is 5.59. The molecule has 2 heterocycles. The minimum atomic E-state index is 0.0598. The maximum absolute atomic E-state index is 11.0. The summed E-state index contributed by atoms with van der Waals surface area (Å²) < 4.78 is 1.72. The summed E-state index contributed by atoms with van der Waals surface area (Å²) in [5.74, 6) is 0.0598. The van der Waals surface area contributed by atoms with Gasteiger partial charge in [0.15, 0.2) is 0 Å². The topological polar surface area (TPSA) is 50.2 Å². The lowest BCUT2D eigenvalue weighted by Gasteiger charge is -2.32. The smallest absolute Gasteiger partial charge is 0.217 e. The third-order valence-corrected chi connectivity index (χ3v) is 4.12. The fourth-order valence-corrected chi connectivity index (χ4v) is 2.83. The van der Waals surface area contributed by atoms with Gasteiger partial charge in [0.05, 0.1) is 5.69 Å². The van der Waals surface area contributed by atoms with Crippen molar-refractivity contribution >= 4 is 17.5 Å². The van der Waals surface area contributed by atoms with Crippen LogP contribution >= 0.6 is 11.6 Å². The number of carbonyl (C=O) groups is 1. The van der Waals surface area contributed by atoms with Crippen molar-refractivity contribution in [3.05, 3.63) is 16.4 Å². The van der Waals surface area contributed by atoms with Crippen LogP contribution in [-0.4, -0.2) is 39.7 Å². The Morgan fingerprint density at radius 3 is 2.58 bits per heavy atom. The highest BCUT2D eigenvalue weighted by Crippen LogP contribution is 2.22. The van der Waals surface area contributed by atoms with E-state index in [1.54, 1.807) is 11.6 Å². The monoisotopic (exact) mass is 284 g/mol. The standard InChI is InChI=1S/C13H21ClN4O/c1-9-12(13(14)17(3)16-9)8-18-6-4-11(5-7-18)15-10(2)19/h11H,4-8H2,1-3H3,(H,15,19). The van der Waals surface area contributed by atoms with Crippen molar-refractivity contribution < 1.29 is 4.79 Å². The Balaban J connectivity index is 1.90. The highest BCUT2D eigenvalue weighted by Gasteiger charge is 2.22. The molecule has 1 fully saturated rings. The number of halogens is 1. The first-order valence-electron chi connectivity index (χ1n) is 6.64. The summed E-state index contributed by atoms with van der Waals surface area (Å²) in [6.45, 7) is 6.37. The van der Waals surface area contributed by atoms with E-state index >= 15 is 0 Å². The molecule has 0 bridgehead atoms. The molecule has 2 rings (SSSR count). The molecule has 1 aliphatic rings. The minimum absolute atomic E-state index is 0.0598. The van der Waals surface area contributed by atoms with Gasteiger partial charge < -0.3 is 5.32 Å². The lowest BCUT2D eigenvalue weighted by molar-refractivity contribution is -0.119. The minimum Gasteiger partial charge on any atom is -0.354 e. The summed E-state index contributed by atoms with van der Waals surface area (Å²) in [6, 6.07) is 0.319. The van der Waals surface area contributed by atoms with E-state index < -0.39 is 0 Å². The average molecular weight is 285 g/mol. The maximum atomic E-state index is 11.0. The molecule has 0 radical (unpaired) electrons. The molecule has 0 unspecified atom stereocenters. The van der Waals surface area contributed by atoms with Crippen molar-refractivity contribution in [1.82, 2.24) is 20.0 Å². The first kappa shape index (κ1) is 14.3. The Hall–Kier alpha value is -1.07. The fraction of sp³-hybridized carbons (Fsp3) is 0.692. The predicted molar refractivity (Wildman–Crippen MR) is 75.1 cm³/mol. The molecule has 1 amide bonds. The maximum Gasteiger partial charge on any atom is 0.217 e. The second kappa shape index (κ2) is 5.92. The summed E-state index contributed by atoms with van der Waals surface area (Å²) in [6.07, 6.45) is 1.99. The van der Waals surface area contributed by atoms with Gasteiger partial charge >= 0.3 is 0 Å². The van der Waals surface area contributed by atoms with Crippen LogP contribution in [0.15, 0.2) is 0 Å². The normalized spacial score (nSPS) is 17.7. The third-order valence-electron chi connectivity index (χ3n) is 3.65. The number of hydrogen-bond acceptors (Lipinski definition) is 3. The number of nitrogens with one attached hydrogen (secondary N) is 1. The van der Waals surface area contributed by atoms with Gasteiger partial charge in [-0.25, -0.2) is 0 Å². The van der Waals surface area contributed by atoms with Gasteiger partial charge in [0.2, 0.25) is 5.91 Å². The van der Waals surface area contributed by atoms with Gasteiger partial charge in [0.1, 0.15) is 5.15 Å². The van der Waals surface area contributed by atoms with Crippen LogP contribution in [0.2, 0.25) is 5.15 Å². The van der Waals surface area contributed by atoms with E-state index in [1.165, 1.54) is 0 Å². The molecule has 19 heavy (non-hydrogen) atoms. The summed E-state index contributed by atoms with van der Waals surface area (Å²) in [7, 11) is 1.86. The number of rotatable bonds is 3. The number of likely N-dealkylation sites (tertiary alicyclic amines) is 1. The molecule has 1 aromatic heterocycles. The van der Waals surface area contributed by atoms with E-state index in [0.717, 1.165) is 48.9 Å². The Morgan fingerprint density at radius 1 is 1.47 bits per heavy atom. The Labute approximate surface area is 118 Å². The zero-order valence-electron chi connectivity index (χ0n) is 11.7. The average Bonchev–Trinajstić information content (AvgIpc) is 2.58. The molecule has 0 saturated carbocycles. The largest absolute Gasteiger partial charge is 0.354 e. The van der Waals surface area contributed by atoms with Crippen LogP contribution in [0.1, 0.15) is 31.0 Å². The SMILES string of the molecule is CC(=O)NC1CCN(Cc2c(C)nn(C)c2Cl)CC1. The number of piperidine rings is 1. The lowest BCUT2D eigenvalue weighted by Crippen LogP contribution is -2.43. The van der Waals surface area contributed by atoms with Crippen LogP contribution in [0.25, 0.3) is 0 Å². The molecular formula is C13H21ClN4O. The molecule has 1 saturated heterocycles. The van der Waals surface area contributed by atoms with Crippen molar-refractivity contribution in [2.45, 2.75) is 39.3 Å². The zero-order chi connectivity index (χ0) is 14.0. The van der Waals surface area contributed by atoms with Crippen molar-refractivity contribution in [2.24, 2.45) is 7.05 Å². The molecule has 0 aromatic carbocycles. The molecule has 1 aromatic rings. The molecule has 5 nitrogen and oxygen atoms in total. The molecule has 0 aliphatic carbocycles. The van der Waals surface area contributed by atoms with Gasteiger partial charge in [-0.05, 0) is 19.8 Å². The molecule has 1 N–H and O–H groups in total. The summed E-state index contributed by atoms with van der Waals surface area (Å²) >= 11 is 6.25. The number of hydrogen-bond donors (Lipinski definition) is 1. The lowest BCUT2D eigenvalue weighted by atomic mass is 10.0. The van der Waals surface area contributed by atoms with E-state index in [2.05, 4.69) is 15.3 Å². The fourth-order valence-electron chi connectivity index (χ4n) is 2.60. The van der Waals surface area contributed by atoms with E-state index in [0.29, 0.717) is 6.04 Å². The van der Waals surface area contributed by atoms with Gasteiger partial charge in [-0.1, -0.05) is 11.6 Å². The van der Waals surface area contributed by atoms with Crippen LogP contribution < -0.4 is 5.32 Å². The van der Waals surface area contributed by atoms with Gasteiger partial charge in [-0.15, -0.1) is 0 Å².